The van der Waals surface area contributed by atoms with Crippen molar-refractivity contribution in [1.29, 1.82) is 0 Å². The molecular formula is C18H14O2. The van der Waals surface area contributed by atoms with Gasteiger partial charge in [-0.3, -0.25) is 0 Å². The molecule has 0 unspecified atom stereocenters. The van der Waals surface area contributed by atoms with Crippen molar-refractivity contribution >= 4 is 21.9 Å². The molecule has 0 aliphatic rings. The fourth-order valence-electron chi connectivity index (χ4n) is 2.52. The number of fused-ring (bicyclic) bond motifs is 2. The summed E-state index contributed by atoms with van der Waals surface area (Å²) < 4.78 is 11.8. The fourth-order valence-corrected chi connectivity index (χ4v) is 2.52. The van der Waals surface area contributed by atoms with Crippen molar-refractivity contribution in [3.05, 3.63) is 59.7 Å². The van der Waals surface area contributed by atoms with Crippen molar-refractivity contribution in [3.8, 4) is 11.5 Å². The molecule has 2 nitrogen and oxygen atoms in total. The van der Waals surface area contributed by atoms with Crippen LogP contribution in [-0.4, -0.2) is 0 Å². The zero-order chi connectivity index (χ0) is 13.7. The van der Waals surface area contributed by atoms with Gasteiger partial charge in [0.2, 0.25) is 0 Å². The van der Waals surface area contributed by atoms with Crippen LogP contribution in [0.25, 0.3) is 33.5 Å². The highest BCUT2D eigenvalue weighted by molar-refractivity contribution is 5.86. The Bertz CT molecular complexity index is 847. The van der Waals surface area contributed by atoms with Gasteiger partial charge < -0.3 is 8.83 Å². The SMILES string of the molecule is Cc1ccc2cc(-c3cc4ccc(C)cc4o3)oc2c1. The summed E-state index contributed by atoms with van der Waals surface area (Å²) in [5.41, 5.74) is 4.19. The zero-order valence-electron chi connectivity index (χ0n) is 11.4. The van der Waals surface area contributed by atoms with Crippen LogP contribution in [-0.2, 0) is 0 Å². The fraction of sp³-hybridized carbons (Fsp3) is 0.111. The Balaban J connectivity index is 1.91. The van der Waals surface area contributed by atoms with E-state index in [0.717, 1.165) is 33.5 Å². The van der Waals surface area contributed by atoms with E-state index in [1.807, 2.05) is 24.3 Å². The lowest BCUT2D eigenvalue weighted by molar-refractivity contribution is 0.569. The van der Waals surface area contributed by atoms with E-state index in [4.69, 9.17) is 8.83 Å². The van der Waals surface area contributed by atoms with Crippen LogP contribution in [0, 0.1) is 13.8 Å². The average Bonchev–Trinajstić information content (AvgIpc) is 3.00. The van der Waals surface area contributed by atoms with Crippen LogP contribution in [0.4, 0.5) is 0 Å². The van der Waals surface area contributed by atoms with Crippen molar-refractivity contribution in [3.63, 3.8) is 0 Å². The molecule has 0 spiro atoms. The lowest BCUT2D eigenvalue weighted by atomic mass is 10.2. The van der Waals surface area contributed by atoms with Crippen LogP contribution in [0.3, 0.4) is 0 Å². The predicted molar refractivity (Wildman–Crippen MR) is 80.9 cm³/mol. The van der Waals surface area contributed by atoms with E-state index in [1.54, 1.807) is 0 Å². The summed E-state index contributed by atoms with van der Waals surface area (Å²) in [6.07, 6.45) is 0. The predicted octanol–water partition coefficient (Wildman–Crippen LogP) is 5.46. The Kier molecular flexibility index (Phi) is 2.27. The molecule has 98 valence electrons. The number of benzene rings is 2. The van der Waals surface area contributed by atoms with E-state index >= 15 is 0 Å². The topological polar surface area (TPSA) is 26.3 Å². The van der Waals surface area contributed by atoms with Gasteiger partial charge in [-0.05, 0) is 49.2 Å². The lowest BCUT2D eigenvalue weighted by Crippen LogP contribution is -1.67. The Hall–Kier alpha value is -2.48. The van der Waals surface area contributed by atoms with Gasteiger partial charge in [0.05, 0.1) is 0 Å². The van der Waals surface area contributed by atoms with Crippen molar-refractivity contribution in [1.82, 2.24) is 0 Å². The van der Waals surface area contributed by atoms with Crippen molar-refractivity contribution in [2.75, 3.05) is 0 Å². The zero-order valence-corrected chi connectivity index (χ0v) is 11.4. The average molecular weight is 262 g/mol. The van der Waals surface area contributed by atoms with Crippen LogP contribution in [0.1, 0.15) is 11.1 Å². The molecule has 0 saturated heterocycles. The lowest BCUT2D eigenvalue weighted by Gasteiger charge is -1.90. The van der Waals surface area contributed by atoms with Gasteiger partial charge in [-0.15, -0.1) is 0 Å². The molecule has 2 heteroatoms. The molecule has 2 heterocycles. The van der Waals surface area contributed by atoms with Gasteiger partial charge in [-0.1, -0.05) is 24.3 Å². The quantitative estimate of drug-likeness (QED) is 0.455. The Labute approximate surface area is 116 Å². The van der Waals surface area contributed by atoms with E-state index in [1.165, 1.54) is 11.1 Å². The second-order valence-corrected chi connectivity index (χ2v) is 5.30. The maximum absolute atomic E-state index is 5.90. The monoisotopic (exact) mass is 262 g/mol. The number of hydrogen-bond acceptors (Lipinski definition) is 2. The second-order valence-electron chi connectivity index (χ2n) is 5.30. The van der Waals surface area contributed by atoms with Gasteiger partial charge in [-0.25, -0.2) is 0 Å². The van der Waals surface area contributed by atoms with E-state index in [-0.39, 0.29) is 0 Å². The van der Waals surface area contributed by atoms with E-state index < -0.39 is 0 Å². The first-order chi connectivity index (χ1) is 9.69. The molecule has 0 radical (unpaired) electrons. The number of furan rings is 2. The number of aryl methyl sites for hydroxylation is 2. The molecular weight excluding hydrogens is 248 g/mol. The summed E-state index contributed by atoms with van der Waals surface area (Å²) in [6, 6.07) is 16.5. The van der Waals surface area contributed by atoms with Gasteiger partial charge in [0.15, 0.2) is 11.5 Å². The van der Waals surface area contributed by atoms with Crippen LogP contribution >= 0.6 is 0 Å². The Morgan fingerprint density at radius 3 is 1.50 bits per heavy atom. The molecule has 4 rings (SSSR count). The highest BCUT2D eigenvalue weighted by Crippen LogP contribution is 2.32. The van der Waals surface area contributed by atoms with Gasteiger partial charge in [0, 0.05) is 10.8 Å². The van der Waals surface area contributed by atoms with Crippen molar-refractivity contribution in [2.24, 2.45) is 0 Å². The van der Waals surface area contributed by atoms with Crippen molar-refractivity contribution < 1.29 is 8.83 Å². The Morgan fingerprint density at radius 2 is 1.05 bits per heavy atom. The number of rotatable bonds is 1. The minimum atomic E-state index is 0.777. The summed E-state index contributed by atoms with van der Waals surface area (Å²) >= 11 is 0. The molecule has 4 aromatic rings. The van der Waals surface area contributed by atoms with Crippen LogP contribution in [0.2, 0.25) is 0 Å². The third kappa shape index (κ3) is 1.73. The maximum atomic E-state index is 5.90. The molecule has 2 aromatic heterocycles. The standard InChI is InChI=1S/C18H14O2/c1-11-3-5-13-9-17(19-15(13)7-11)18-10-14-6-4-12(2)8-16(14)20-18/h3-10H,1-2H3. The highest BCUT2D eigenvalue weighted by atomic mass is 16.4. The summed E-state index contributed by atoms with van der Waals surface area (Å²) in [5, 5.41) is 2.20. The summed E-state index contributed by atoms with van der Waals surface area (Å²) in [5.74, 6) is 1.55. The Morgan fingerprint density at radius 1 is 0.600 bits per heavy atom. The van der Waals surface area contributed by atoms with Gasteiger partial charge in [0.25, 0.3) is 0 Å². The molecule has 0 aliphatic carbocycles. The largest absolute Gasteiger partial charge is 0.453 e. The molecule has 0 amide bonds. The van der Waals surface area contributed by atoms with Crippen LogP contribution in [0.5, 0.6) is 0 Å². The molecule has 2 aromatic carbocycles. The molecule has 0 bridgehead atoms. The first-order valence-electron chi connectivity index (χ1n) is 6.70. The first kappa shape index (κ1) is 11.4. The van der Waals surface area contributed by atoms with E-state index in [9.17, 15) is 0 Å². The van der Waals surface area contributed by atoms with Gasteiger partial charge in [-0.2, -0.15) is 0 Å². The van der Waals surface area contributed by atoms with Crippen LogP contribution in [0.15, 0.2) is 57.4 Å². The van der Waals surface area contributed by atoms with Crippen LogP contribution < -0.4 is 0 Å². The molecule has 20 heavy (non-hydrogen) atoms. The minimum Gasteiger partial charge on any atom is -0.453 e. The second kappa shape index (κ2) is 4.01. The number of hydrogen-bond donors (Lipinski definition) is 0. The molecule has 0 N–H and O–H groups in total. The molecule has 0 saturated carbocycles. The molecule has 0 fully saturated rings. The summed E-state index contributed by atoms with van der Waals surface area (Å²) in [7, 11) is 0. The maximum Gasteiger partial charge on any atom is 0.170 e. The van der Waals surface area contributed by atoms with E-state index in [0.29, 0.717) is 0 Å². The molecule has 0 aliphatic heterocycles. The summed E-state index contributed by atoms with van der Waals surface area (Å²) in [6.45, 7) is 4.12. The normalized spacial score (nSPS) is 11.5. The highest BCUT2D eigenvalue weighted by Gasteiger charge is 2.11. The van der Waals surface area contributed by atoms with Crippen molar-refractivity contribution in [2.45, 2.75) is 13.8 Å². The smallest absolute Gasteiger partial charge is 0.170 e. The van der Waals surface area contributed by atoms with E-state index in [2.05, 4.69) is 38.1 Å². The third-order valence-electron chi connectivity index (χ3n) is 3.59. The third-order valence-corrected chi connectivity index (χ3v) is 3.59. The van der Waals surface area contributed by atoms with Gasteiger partial charge in [0.1, 0.15) is 11.2 Å². The minimum absolute atomic E-state index is 0.777. The summed E-state index contributed by atoms with van der Waals surface area (Å²) in [4.78, 5) is 0. The van der Waals surface area contributed by atoms with Gasteiger partial charge >= 0.3 is 0 Å². The first-order valence-corrected chi connectivity index (χ1v) is 6.70. The molecule has 0 atom stereocenters.